The van der Waals surface area contributed by atoms with E-state index >= 15 is 0 Å². The summed E-state index contributed by atoms with van der Waals surface area (Å²) in [4.78, 5) is 50.6. The number of allylic oxidation sites excluding steroid dienone is 4. The minimum Gasteiger partial charge on any atom is -0.486 e. The summed E-state index contributed by atoms with van der Waals surface area (Å²) in [6.07, 6.45) is 7.06. The van der Waals surface area contributed by atoms with Gasteiger partial charge >= 0.3 is 6.16 Å². The van der Waals surface area contributed by atoms with E-state index in [0.29, 0.717) is 56.1 Å². The molecule has 1 aromatic carbocycles. The zero-order valence-electron chi connectivity index (χ0n) is 21.4. The number of benzene rings is 1. The lowest BCUT2D eigenvalue weighted by molar-refractivity contribution is -0.483. The summed E-state index contributed by atoms with van der Waals surface area (Å²) in [6.45, 7) is 6.01. The summed E-state index contributed by atoms with van der Waals surface area (Å²) in [5, 5.41) is 12.3. The highest BCUT2D eigenvalue weighted by atomic mass is 31.1. The van der Waals surface area contributed by atoms with Gasteiger partial charge in [0.05, 0.1) is 15.0 Å². The van der Waals surface area contributed by atoms with Crippen LogP contribution in [-0.2, 0) is 30.4 Å². The second-order valence-electron chi connectivity index (χ2n) is 8.76. The fraction of sp³-hybridized carbons (Fsp3) is 0.440. The van der Waals surface area contributed by atoms with Crippen molar-refractivity contribution in [2.24, 2.45) is 0 Å². The number of hydrogen-bond acceptors (Lipinski definition) is 11. The lowest BCUT2D eigenvalue weighted by Crippen LogP contribution is -2.47. The van der Waals surface area contributed by atoms with Gasteiger partial charge in [-0.2, -0.15) is 0 Å². The number of fused-ring (bicyclic) bond motifs is 1. The molecule has 0 spiro atoms. The van der Waals surface area contributed by atoms with E-state index in [1.165, 1.54) is 6.07 Å². The first-order valence-electron chi connectivity index (χ1n) is 11.7. The lowest BCUT2D eigenvalue weighted by atomic mass is 9.85. The molecule has 0 saturated heterocycles. The predicted molar refractivity (Wildman–Crippen MR) is 142 cm³/mol. The summed E-state index contributed by atoms with van der Waals surface area (Å²) in [7, 11) is 1.89. The fourth-order valence-electron chi connectivity index (χ4n) is 4.18. The van der Waals surface area contributed by atoms with Gasteiger partial charge in [0.15, 0.2) is 12.6 Å². The van der Waals surface area contributed by atoms with Crippen LogP contribution < -0.4 is 9.47 Å². The van der Waals surface area contributed by atoms with Crippen LogP contribution in [0.4, 0.5) is 4.79 Å². The Kier molecular flexibility index (Phi) is 13.0. The number of hydrogen-bond donors (Lipinski definition) is 1. The topological polar surface area (TPSA) is 144 Å². The second kappa shape index (κ2) is 15.7. The van der Waals surface area contributed by atoms with Crippen LogP contribution in [0.15, 0.2) is 29.6 Å². The fourth-order valence-corrected chi connectivity index (χ4v) is 5.53. The van der Waals surface area contributed by atoms with E-state index < -0.39 is 11.8 Å². The van der Waals surface area contributed by atoms with Crippen molar-refractivity contribution in [3.05, 3.63) is 46.2 Å². The molecular formula is C25H32O11P2. The Morgan fingerprint density at radius 3 is 2.63 bits per heavy atom. The maximum atomic E-state index is 12.0. The van der Waals surface area contributed by atoms with Crippen LogP contribution >= 0.6 is 18.0 Å². The molecule has 38 heavy (non-hydrogen) atoms. The van der Waals surface area contributed by atoms with Gasteiger partial charge in [0, 0.05) is 16.8 Å². The standard InChI is InChI=1S/C25H32O11P2/c1-16(6-4-8-17(2)31-14-28)7-5-9-25(3)22(38-15-32-36-30)11-19-21(33-24(29)35-37)10-18(12-26)20(13-27)23(19)34-25/h7-8,10,12-14,22,30,38H,4-6,9,11,15,37H2,1-3H3. The van der Waals surface area contributed by atoms with Gasteiger partial charge in [-0.1, -0.05) is 25.3 Å². The number of carbonyl (C=O) groups excluding carboxylic acids is 4. The molecule has 13 heteroatoms. The molecule has 0 radical (unpaired) electrons. The minimum absolute atomic E-state index is 0.0169. The summed E-state index contributed by atoms with van der Waals surface area (Å²) in [6, 6.07) is 1.30. The van der Waals surface area contributed by atoms with Gasteiger partial charge in [-0.25, -0.2) is 14.9 Å². The van der Waals surface area contributed by atoms with E-state index in [-0.39, 0.29) is 43.2 Å². The molecule has 4 unspecified atom stereocenters. The Bertz CT molecular complexity index is 1070. The van der Waals surface area contributed by atoms with E-state index in [9.17, 15) is 19.2 Å². The van der Waals surface area contributed by atoms with Gasteiger partial charge in [-0.15, -0.1) is 0 Å². The van der Waals surface area contributed by atoms with Crippen molar-refractivity contribution in [3.8, 4) is 11.5 Å². The molecule has 208 valence electrons. The Balaban J connectivity index is 2.34. The van der Waals surface area contributed by atoms with E-state index in [4.69, 9.17) is 19.5 Å². The first kappa shape index (κ1) is 31.5. The summed E-state index contributed by atoms with van der Waals surface area (Å²) in [5.41, 5.74) is 0.686. The molecule has 1 aliphatic rings. The molecule has 2 rings (SSSR count). The third kappa shape index (κ3) is 8.68. The summed E-state index contributed by atoms with van der Waals surface area (Å²) < 4.78 is 21.0. The highest BCUT2D eigenvalue weighted by Gasteiger charge is 2.43. The van der Waals surface area contributed by atoms with Crippen LogP contribution in [-0.4, -0.2) is 48.1 Å². The lowest BCUT2D eigenvalue weighted by Gasteiger charge is -2.43. The van der Waals surface area contributed by atoms with Crippen molar-refractivity contribution < 1.29 is 53.1 Å². The number of rotatable bonds is 15. The molecule has 1 heterocycles. The van der Waals surface area contributed by atoms with Crippen LogP contribution in [0.2, 0.25) is 0 Å². The van der Waals surface area contributed by atoms with Gasteiger partial charge in [0.2, 0.25) is 0 Å². The van der Waals surface area contributed by atoms with Gasteiger partial charge in [-0.3, -0.25) is 14.4 Å². The number of ether oxygens (including phenoxy) is 3. The Morgan fingerprint density at radius 2 is 2.00 bits per heavy atom. The first-order valence-corrected chi connectivity index (χ1v) is 13.4. The van der Waals surface area contributed by atoms with Crippen molar-refractivity contribution in [3.63, 3.8) is 0 Å². The Morgan fingerprint density at radius 1 is 1.24 bits per heavy atom. The van der Waals surface area contributed by atoms with Crippen LogP contribution in [0, 0.1) is 0 Å². The second-order valence-corrected chi connectivity index (χ2v) is 10.4. The average Bonchev–Trinajstić information content (AvgIpc) is 2.89. The highest BCUT2D eigenvalue weighted by Crippen LogP contribution is 2.48. The quantitative estimate of drug-likeness (QED) is 0.0337. The number of aldehydes is 2. The Hall–Kier alpha value is -2.68. The molecule has 4 atom stereocenters. The smallest absolute Gasteiger partial charge is 0.486 e. The maximum Gasteiger partial charge on any atom is 0.516 e. The molecule has 0 amide bonds. The normalized spacial score (nSPS) is 19.4. The minimum atomic E-state index is -1.01. The van der Waals surface area contributed by atoms with Crippen molar-refractivity contribution in [2.75, 3.05) is 6.35 Å². The maximum absolute atomic E-state index is 12.0. The van der Waals surface area contributed by atoms with Crippen LogP contribution in [0.5, 0.6) is 11.5 Å². The SMILES string of the molecule is CC(=CCCC1(C)Oc2c(C=O)c(C=O)cc(OC(=O)OP)c2CC1PCOOO)CCC=C(C)OC=O. The van der Waals surface area contributed by atoms with Gasteiger partial charge in [0.1, 0.15) is 29.2 Å². The van der Waals surface area contributed by atoms with Gasteiger partial charge in [0.25, 0.3) is 6.47 Å². The van der Waals surface area contributed by atoms with Gasteiger partial charge in [-0.05, 0) is 65.0 Å². The summed E-state index contributed by atoms with van der Waals surface area (Å²) >= 11 is 0. The van der Waals surface area contributed by atoms with Crippen molar-refractivity contribution in [1.29, 1.82) is 0 Å². The van der Waals surface area contributed by atoms with E-state index in [1.807, 2.05) is 19.9 Å². The zero-order chi connectivity index (χ0) is 28.1. The molecule has 1 N–H and O–H groups in total. The van der Waals surface area contributed by atoms with Crippen LogP contribution in [0.3, 0.4) is 0 Å². The zero-order valence-corrected chi connectivity index (χ0v) is 23.5. The molecule has 1 aromatic rings. The Labute approximate surface area is 224 Å². The third-order valence-electron chi connectivity index (χ3n) is 6.21. The molecule has 0 fully saturated rings. The van der Waals surface area contributed by atoms with Crippen molar-refractivity contribution in [2.45, 2.75) is 64.1 Å². The molecule has 0 aromatic heterocycles. The third-order valence-corrected chi connectivity index (χ3v) is 7.99. The van der Waals surface area contributed by atoms with E-state index in [0.717, 1.165) is 12.0 Å². The highest BCUT2D eigenvalue weighted by molar-refractivity contribution is 7.38. The predicted octanol–water partition coefficient (Wildman–Crippen LogP) is 5.32. The molecule has 0 bridgehead atoms. The first-order chi connectivity index (χ1) is 18.2. The molecule has 0 saturated carbocycles. The summed E-state index contributed by atoms with van der Waals surface area (Å²) in [5.74, 6) is 0.770. The average molecular weight is 570 g/mol. The van der Waals surface area contributed by atoms with Crippen molar-refractivity contribution in [1.82, 2.24) is 0 Å². The molecular weight excluding hydrogens is 538 g/mol. The van der Waals surface area contributed by atoms with Crippen LogP contribution in [0.1, 0.15) is 72.7 Å². The molecule has 0 aliphatic carbocycles. The van der Waals surface area contributed by atoms with Gasteiger partial charge < -0.3 is 18.7 Å². The van der Waals surface area contributed by atoms with Crippen molar-refractivity contribution >= 4 is 43.2 Å². The van der Waals surface area contributed by atoms with Crippen LogP contribution in [0.25, 0.3) is 0 Å². The molecule has 11 nitrogen and oxygen atoms in total. The largest absolute Gasteiger partial charge is 0.516 e. The molecule has 1 aliphatic heterocycles. The number of carbonyl (C=O) groups is 4. The van der Waals surface area contributed by atoms with E-state index in [2.05, 4.69) is 20.5 Å². The monoisotopic (exact) mass is 570 g/mol. The van der Waals surface area contributed by atoms with E-state index in [1.54, 1.807) is 16.4 Å².